The van der Waals surface area contributed by atoms with Gasteiger partial charge < -0.3 is 4.74 Å². The van der Waals surface area contributed by atoms with E-state index in [0.717, 1.165) is 23.0 Å². The van der Waals surface area contributed by atoms with Gasteiger partial charge in [-0.15, -0.1) is 11.6 Å². The molecule has 120 valence electrons. The van der Waals surface area contributed by atoms with Gasteiger partial charge in [0.25, 0.3) is 0 Å². The summed E-state index contributed by atoms with van der Waals surface area (Å²) in [6.07, 6.45) is -4.36. The molecule has 1 heterocycles. The van der Waals surface area contributed by atoms with Gasteiger partial charge in [-0.25, -0.2) is 4.68 Å². The quantitative estimate of drug-likeness (QED) is 0.641. The maximum atomic E-state index is 12.7. The van der Waals surface area contributed by atoms with E-state index in [1.165, 1.54) is 12.1 Å². The lowest BCUT2D eigenvalue weighted by Crippen LogP contribution is -2.05. The van der Waals surface area contributed by atoms with Crippen LogP contribution in [0.2, 0.25) is 0 Å². The zero-order chi connectivity index (χ0) is 16.6. The van der Waals surface area contributed by atoms with Crippen LogP contribution in [0.3, 0.4) is 0 Å². The fraction of sp³-hybridized carbons (Fsp3) is 0.188. The molecule has 3 nitrogen and oxygen atoms in total. The van der Waals surface area contributed by atoms with Crippen molar-refractivity contribution in [2.45, 2.75) is 12.1 Å². The zero-order valence-electron chi connectivity index (χ0n) is 12.1. The Morgan fingerprint density at radius 1 is 1.13 bits per heavy atom. The maximum absolute atomic E-state index is 12.7. The smallest absolute Gasteiger partial charge is 0.416 e. The molecule has 0 amide bonds. The Balaban J connectivity index is 2.13. The first kappa shape index (κ1) is 15.7. The van der Waals surface area contributed by atoms with Gasteiger partial charge in [0.15, 0.2) is 0 Å². The van der Waals surface area contributed by atoms with E-state index in [4.69, 9.17) is 16.3 Å². The molecule has 0 unspecified atom stereocenters. The molecule has 3 aromatic rings. The molecule has 0 N–H and O–H groups in total. The lowest BCUT2D eigenvalue weighted by atomic mass is 10.2. The average Bonchev–Trinajstić information content (AvgIpc) is 2.92. The molecule has 0 fully saturated rings. The SMILES string of the molecule is COc1ccc2c(c1)c(CCl)nn2-c1ccc(C(F)(F)F)cc1. The highest BCUT2D eigenvalue weighted by Crippen LogP contribution is 2.31. The lowest BCUT2D eigenvalue weighted by Gasteiger charge is -2.08. The number of hydrogen-bond acceptors (Lipinski definition) is 2. The second kappa shape index (κ2) is 5.77. The molecule has 0 atom stereocenters. The molecule has 2 aromatic carbocycles. The van der Waals surface area contributed by atoms with Gasteiger partial charge in [0.1, 0.15) is 5.75 Å². The molecule has 0 saturated heterocycles. The molecule has 0 bridgehead atoms. The molecule has 0 spiro atoms. The Hall–Kier alpha value is -2.21. The lowest BCUT2D eigenvalue weighted by molar-refractivity contribution is -0.137. The topological polar surface area (TPSA) is 27.1 Å². The van der Waals surface area contributed by atoms with Crippen molar-refractivity contribution in [1.29, 1.82) is 0 Å². The number of rotatable bonds is 3. The Morgan fingerprint density at radius 3 is 2.39 bits per heavy atom. The molecular weight excluding hydrogens is 329 g/mol. The molecule has 0 aliphatic heterocycles. The van der Waals surface area contributed by atoms with E-state index in [2.05, 4.69) is 5.10 Å². The number of nitrogens with zero attached hydrogens (tertiary/aromatic N) is 2. The van der Waals surface area contributed by atoms with Gasteiger partial charge in [-0.05, 0) is 42.5 Å². The second-order valence-electron chi connectivity index (χ2n) is 4.92. The number of benzene rings is 2. The summed E-state index contributed by atoms with van der Waals surface area (Å²) in [6, 6.07) is 10.2. The summed E-state index contributed by atoms with van der Waals surface area (Å²) < 4.78 is 44.8. The van der Waals surface area contributed by atoms with Crippen molar-refractivity contribution in [3.63, 3.8) is 0 Å². The van der Waals surface area contributed by atoms with E-state index in [1.807, 2.05) is 0 Å². The van der Waals surface area contributed by atoms with Crippen LogP contribution in [0.25, 0.3) is 16.6 Å². The Bertz CT molecular complexity index is 841. The number of fused-ring (bicyclic) bond motifs is 1. The molecule has 1 aromatic heterocycles. The third kappa shape index (κ3) is 2.86. The predicted octanol–water partition coefficient (Wildman–Crippen LogP) is 4.79. The number of methoxy groups -OCH3 is 1. The van der Waals surface area contributed by atoms with Gasteiger partial charge >= 0.3 is 6.18 Å². The summed E-state index contributed by atoms with van der Waals surface area (Å²) in [5, 5.41) is 5.20. The Morgan fingerprint density at radius 2 is 1.83 bits per heavy atom. The molecule has 23 heavy (non-hydrogen) atoms. The standard InChI is InChI=1S/C16H12ClF3N2O/c1-23-12-6-7-15-13(8-12)14(9-17)21-22(15)11-4-2-10(3-5-11)16(18,19)20/h2-8H,9H2,1H3. The van der Waals surface area contributed by atoms with Crippen LogP contribution in [0.1, 0.15) is 11.3 Å². The Kier molecular flexibility index (Phi) is 3.93. The van der Waals surface area contributed by atoms with Crippen molar-refractivity contribution in [3.8, 4) is 11.4 Å². The van der Waals surface area contributed by atoms with Crippen molar-refractivity contribution in [2.75, 3.05) is 7.11 Å². The molecule has 0 aliphatic carbocycles. The first-order valence-corrected chi connectivity index (χ1v) is 7.26. The molecule has 3 rings (SSSR count). The minimum Gasteiger partial charge on any atom is -0.497 e. The van der Waals surface area contributed by atoms with Crippen LogP contribution in [-0.4, -0.2) is 16.9 Å². The minimum atomic E-state index is -4.36. The van der Waals surface area contributed by atoms with Gasteiger partial charge in [-0.1, -0.05) is 0 Å². The van der Waals surface area contributed by atoms with Crippen LogP contribution >= 0.6 is 11.6 Å². The first-order chi connectivity index (χ1) is 10.9. The maximum Gasteiger partial charge on any atom is 0.416 e. The highest BCUT2D eigenvalue weighted by atomic mass is 35.5. The summed E-state index contributed by atoms with van der Waals surface area (Å²) in [4.78, 5) is 0. The van der Waals surface area contributed by atoms with Crippen molar-refractivity contribution in [1.82, 2.24) is 9.78 Å². The summed E-state index contributed by atoms with van der Waals surface area (Å²) in [5.41, 5.74) is 1.23. The van der Waals surface area contributed by atoms with E-state index in [9.17, 15) is 13.2 Å². The fourth-order valence-electron chi connectivity index (χ4n) is 2.37. The number of halogens is 4. The third-order valence-corrected chi connectivity index (χ3v) is 3.78. The monoisotopic (exact) mass is 340 g/mol. The van der Waals surface area contributed by atoms with Crippen LogP contribution in [0, 0.1) is 0 Å². The van der Waals surface area contributed by atoms with Crippen LogP contribution in [0.5, 0.6) is 5.75 Å². The van der Waals surface area contributed by atoms with Gasteiger partial charge in [-0.3, -0.25) is 0 Å². The van der Waals surface area contributed by atoms with E-state index in [-0.39, 0.29) is 5.88 Å². The number of alkyl halides is 4. The molecule has 0 aliphatic rings. The highest BCUT2D eigenvalue weighted by Gasteiger charge is 2.30. The van der Waals surface area contributed by atoms with E-state index >= 15 is 0 Å². The van der Waals surface area contributed by atoms with Crippen molar-refractivity contribution in [2.24, 2.45) is 0 Å². The number of ether oxygens (including phenoxy) is 1. The second-order valence-corrected chi connectivity index (χ2v) is 5.19. The summed E-state index contributed by atoms with van der Waals surface area (Å²) in [6.45, 7) is 0. The van der Waals surface area contributed by atoms with Gasteiger partial charge in [0.2, 0.25) is 0 Å². The van der Waals surface area contributed by atoms with Crippen molar-refractivity contribution >= 4 is 22.5 Å². The van der Waals surface area contributed by atoms with E-state index in [0.29, 0.717) is 17.1 Å². The first-order valence-electron chi connectivity index (χ1n) is 6.73. The van der Waals surface area contributed by atoms with Crippen LogP contribution < -0.4 is 4.74 Å². The largest absolute Gasteiger partial charge is 0.497 e. The highest BCUT2D eigenvalue weighted by molar-refractivity contribution is 6.17. The molecule has 7 heteroatoms. The zero-order valence-corrected chi connectivity index (χ0v) is 12.8. The van der Waals surface area contributed by atoms with Crippen LogP contribution in [0.15, 0.2) is 42.5 Å². The van der Waals surface area contributed by atoms with E-state index in [1.54, 1.807) is 30.0 Å². The predicted molar refractivity (Wildman–Crippen MR) is 82.2 cm³/mol. The fourth-order valence-corrected chi connectivity index (χ4v) is 2.57. The van der Waals surface area contributed by atoms with E-state index < -0.39 is 11.7 Å². The van der Waals surface area contributed by atoms with Crippen LogP contribution in [-0.2, 0) is 12.1 Å². The van der Waals surface area contributed by atoms with Crippen LogP contribution in [0.4, 0.5) is 13.2 Å². The van der Waals surface area contributed by atoms with Gasteiger partial charge in [0.05, 0.1) is 35.5 Å². The average molecular weight is 341 g/mol. The summed E-state index contributed by atoms with van der Waals surface area (Å²) >= 11 is 5.92. The number of hydrogen-bond donors (Lipinski definition) is 0. The minimum absolute atomic E-state index is 0.192. The number of aromatic nitrogens is 2. The van der Waals surface area contributed by atoms with Crippen molar-refractivity contribution < 1.29 is 17.9 Å². The van der Waals surface area contributed by atoms with Crippen molar-refractivity contribution in [3.05, 3.63) is 53.7 Å². The molecular formula is C16H12ClF3N2O. The Labute approximate surface area is 135 Å². The summed E-state index contributed by atoms with van der Waals surface area (Å²) in [7, 11) is 1.56. The molecule has 0 radical (unpaired) electrons. The van der Waals surface area contributed by atoms with Gasteiger partial charge in [-0.2, -0.15) is 18.3 Å². The normalized spacial score (nSPS) is 11.9. The summed E-state index contributed by atoms with van der Waals surface area (Å²) in [5.74, 6) is 0.855. The molecule has 0 saturated carbocycles. The third-order valence-electron chi connectivity index (χ3n) is 3.53. The van der Waals surface area contributed by atoms with Gasteiger partial charge in [0, 0.05) is 5.39 Å².